The largest absolute Gasteiger partial charge is 0.365 e. The lowest BCUT2D eigenvalue weighted by molar-refractivity contribution is 0.201. The van der Waals surface area contributed by atoms with Gasteiger partial charge in [-0.2, -0.15) is 0 Å². The first-order valence-electron chi connectivity index (χ1n) is 5.25. The Bertz CT molecular complexity index is 297. The topological polar surface area (TPSA) is 31.1 Å². The first-order chi connectivity index (χ1) is 6.70. The molecule has 0 spiro atoms. The van der Waals surface area contributed by atoms with Crippen molar-refractivity contribution in [3.05, 3.63) is 23.0 Å². The molecule has 1 aliphatic heterocycles. The van der Waals surface area contributed by atoms with Crippen LogP contribution in [0.1, 0.15) is 22.9 Å². The molecule has 0 bridgehead atoms. The molecule has 1 unspecified atom stereocenters. The van der Waals surface area contributed by atoms with E-state index in [1.54, 1.807) is 0 Å². The van der Waals surface area contributed by atoms with E-state index in [1.165, 1.54) is 16.8 Å². The van der Waals surface area contributed by atoms with Crippen molar-refractivity contribution < 1.29 is 0 Å². The van der Waals surface area contributed by atoms with Gasteiger partial charge in [0.1, 0.15) is 0 Å². The van der Waals surface area contributed by atoms with Crippen LogP contribution in [0.2, 0.25) is 0 Å². The predicted molar refractivity (Wildman–Crippen MR) is 58.5 cm³/mol. The van der Waals surface area contributed by atoms with E-state index in [2.05, 4.69) is 42.3 Å². The zero-order chi connectivity index (χ0) is 10.1. The molecule has 0 radical (unpaired) electrons. The summed E-state index contributed by atoms with van der Waals surface area (Å²) in [5, 5.41) is 3.45. The molecule has 1 aromatic heterocycles. The molecule has 1 aromatic rings. The molecule has 1 fully saturated rings. The van der Waals surface area contributed by atoms with Crippen LogP contribution in [0.3, 0.4) is 0 Å². The summed E-state index contributed by atoms with van der Waals surface area (Å²) >= 11 is 0. The summed E-state index contributed by atoms with van der Waals surface area (Å²) in [5.41, 5.74) is 4.16. The van der Waals surface area contributed by atoms with Crippen LogP contribution < -0.4 is 5.32 Å². The summed E-state index contributed by atoms with van der Waals surface area (Å²) < 4.78 is 0. The van der Waals surface area contributed by atoms with E-state index in [-0.39, 0.29) is 0 Å². The lowest BCUT2D eigenvalue weighted by atomic mass is 10.0. The Morgan fingerprint density at radius 3 is 2.79 bits per heavy atom. The normalized spacial score (nSPS) is 24.1. The van der Waals surface area contributed by atoms with Crippen molar-refractivity contribution in [2.45, 2.75) is 19.9 Å². The molecule has 0 saturated carbocycles. The monoisotopic (exact) mass is 193 g/mol. The molecule has 2 heterocycles. The average molecular weight is 193 g/mol. The highest BCUT2D eigenvalue weighted by molar-refractivity contribution is 5.32. The zero-order valence-corrected chi connectivity index (χ0v) is 9.22. The van der Waals surface area contributed by atoms with Crippen molar-refractivity contribution in [2.75, 3.05) is 26.7 Å². The van der Waals surface area contributed by atoms with E-state index >= 15 is 0 Å². The highest BCUT2D eigenvalue weighted by Crippen LogP contribution is 2.26. The van der Waals surface area contributed by atoms with Gasteiger partial charge in [-0.25, -0.2) is 0 Å². The fraction of sp³-hybridized carbons (Fsp3) is 0.636. The summed E-state index contributed by atoms with van der Waals surface area (Å²) in [5.74, 6) is 0. The second-order valence-electron chi connectivity index (χ2n) is 4.21. The molecule has 2 N–H and O–H groups in total. The SMILES string of the molecule is Cc1c[nH]c(C)c1C1CNCCN1C. The predicted octanol–water partition coefficient (Wildman–Crippen LogP) is 1.21. The number of aromatic amines is 1. The number of rotatable bonds is 1. The van der Waals surface area contributed by atoms with Gasteiger partial charge in [-0.05, 0) is 32.0 Å². The lowest BCUT2D eigenvalue weighted by Gasteiger charge is -2.33. The van der Waals surface area contributed by atoms with Crippen molar-refractivity contribution in [2.24, 2.45) is 0 Å². The Morgan fingerprint density at radius 2 is 2.21 bits per heavy atom. The van der Waals surface area contributed by atoms with E-state index < -0.39 is 0 Å². The third-order valence-electron chi connectivity index (χ3n) is 3.18. The molecule has 1 aliphatic rings. The molecule has 1 atom stereocenters. The number of H-pyrrole nitrogens is 1. The number of aryl methyl sites for hydroxylation is 2. The van der Waals surface area contributed by atoms with Crippen LogP contribution in [-0.4, -0.2) is 36.6 Å². The Kier molecular flexibility index (Phi) is 2.61. The van der Waals surface area contributed by atoms with Gasteiger partial charge in [0.05, 0.1) is 0 Å². The standard InChI is InChI=1S/C11H19N3/c1-8-6-13-9(2)11(8)10-7-12-4-5-14(10)3/h6,10,12-13H,4-5,7H2,1-3H3. The highest BCUT2D eigenvalue weighted by atomic mass is 15.2. The fourth-order valence-corrected chi connectivity index (χ4v) is 2.31. The third kappa shape index (κ3) is 1.57. The maximum Gasteiger partial charge on any atom is 0.0490 e. The molecule has 1 saturated heterocycles. The third-order valence-corrected chi connectivity index (χ3v) is 3.18. The number of nitrogens with one attached hydrogen (secondary N) is 2. The first-order valence-corrected chi connectivity index (χ1v) is 5.25. The summed E-state index contributed by atoms with van der Waals surface area (Å²) in [6.07, 6.45) is 2.10. The van der Waals surface area contributed by atoms with Gasteiger partial charge < -0.3 is 10.3 Å². The Labute approximate surface area is 85.5 Å². The van der Waals surface area contributed by atoms with Crippen LogP contribution in [0.25, 0.3) is 0 Å². The van der Waals surface area contributed by atoms with Crippen LogP contribution in [0.5, 0.6) is 0 Å². The quantitative estimate of drug-likeness (QED) is 0.702. The number of nitrogens with zero attached hydrogens (tertiary/aromatic N) is 1. The summed E-state index contributed by atoms with van der Waals surface area (Å²) in [7, 11) is 2.21. The van der Waals surface area contributed by atoms with Crippen molar-refractivity contribution in [3.63, 3.8) is 0 Å². The summed E-state index contributed by atoms with van der Waals surface area (Å²) in [6, 6.07) is 0.537. The molecular formula is C11H19N3. The molecule has 14 heavy (non-hydrogen) atoms. The minimum Gasteiger partial charge on any atom is -0.365 e. The first kappa shape index (κ1) is 9.74. The summed E-state index contributed by atoms with van der Waals surface area (Å²) in [4.78, 5) is 5.73. The van der Waals surface area contributed by atoms with E-state index in [4.69, 9.17) is 0 Å². The van der Waals surface area contributed by atoms with Crippen molar-refractivity contribution in [1.82, 2.24) is 15.2 Å². The van der Waals surface area contributed by atoms with Gasteiger partial charge in [-0.3, -0.25) is 4.90 Å². The minimum absolute atomic E-state index is 0.537. The number of piperazine rings is 1. The van der Waals surface area contributed by atoms with Gasteiger partial charge in [0, 0.05) is 37.6 Å². The van der Waals surface area contributed by atoms with Gasteiger partial charge in [-0.1, -0.05) is 0 Å². The molecule has 2 rings (SSSR count). The van der Waals surface area contributed by atoms with Crippen LogP contribution in [0, 0.1) is 13.8 Å². The van der Waals surface area contributed by atoms with Gasteiger partial charge >= 0.3 is 0 Å². The number of aromatic nitrogens is 1. The van der Waals surface area contributed by atoms with Crippen LogP contribution in [-0.2, 0) is 0 Å². The number of hydrogen-bond donors (Lipinski definition) is 2. The van der Waals surface area contributed by atoms with Crippen LogP contribution in [0.15, 0.2) is 6.20 Å². The zero-order valence-electron chi connectivity index (χ0n) is 9.22. The van der Waals surface area contributed by atoms with Crippen molar-refractivity contribution in [3.8, 4) is 0 Å². The van der Waals surface area contributed by atoms with Gasteiger partial charge in [0.2, 0.25) is 0 Å². The average Bonchev–Trinajstić information content (AvgIpc) is 2.48. The fourth-order valence-electron chi connectivity index (χ4n) is 2.31. The summed E-state index contributed by atoms with van der Waals surface area (Å²) in [6.45, 7) is 7.65. The van der Waals surface area contributed by atoms with Gasteiger partial charge in [0.25, 0.3) is 0 Å². The molecule has 3 heteroatoms. The smallest absolute Gasteiger partial charge is 0.0490 e. The maximum atomic E-state index is 3.45. The van der Waals surface area contributed by atoms with Gasteiger partial charge in [-0.15, -0.1) is 0 Å². The van der Waals surface area contributed by atoms with Crippen LogP contribution >= 0.6 is 0 Å². The Hall–Kier alpha value is -0.800. The second kappa shape index (κ2) is 3.75. The maximum absolute atomic E-state index is 3.45. The van der Waals surface area contributed by atoms with Crippen molar-refractivity contribution in [1.29, 1.82) is 0 Å². The highest BCUT2D eigenvalue weighted by Gasteiger charge is 2.23. The molecular weight excluding hydrogens is 174 g/mol. The molecule has 78 valence electrons. The molecule has 3 nitrogen and oxygen atoms in total. The van der Waals surface area contributed by atoms with Crippen molar-refractivity contribution >= 4 is 0 Å². The van der Waals surface area contributed by atoms with E-state index in [0.29, 0.717) is 6.04 Å². The molecule has 0 aliphatic carbocycles. The number of likely N-dealkylation sites (N-methyl/N-ethyl adjacent to an activating group) is 1. The minimum atomic E-state index is 0.537. The Balaban J connectivity index is 2.28. The van der Waals surface area contributed by atoms with Crippen LogP contribution in [0.4, 0.5) is 0 Å². The van der Waals surface area contributed by atoms with Gasteiger partial charge in [0.15, 0.2) is 0 Å². The molecule has 0 amide bonds. The lowest BCUT2D eigenvalue weighted by Crippen LogP contribution is -2.44. The second-order valence-corrected chi connectivity index (χ2v) is 4.21. The Morgan fingerprint density at radius 1 is 1.43 bits per heavy atom. The van der Waals surface area contributed by atoms with E-state index in [9.17, 15) is 0 Å². The van der Waals surface area contributed by atoms with E-state index in [0.717, 1.165) is 19.6 Å². The van der Waals surface area contributed by atoms with E-state index in [1.807, 2.05) is 0 Å². The number of hydrogen-bond acceptors (Lipinski definition) is 2. The molecule has 0 aromatic carbocycles.